The number of nitrogens with zero attached hydrogens (tertiary/aromatic N) is 3. The summed E-state index contributed by atoms with van der Waals surface area (Å²) in [6.45, 7) is 8.80. The number of piperidine rings is 1. The summed E-state index contributed by atoms with van der Waals surface area (Å²) in [6, 6.07) is 14.9. The van der Waals surface area contributed by atoms with Crippen molar-refractivity contribution < 1.29 is 14.3 Å². The number of rotatable bonds is 5. The van der Waals surface area contributed by atoms with Gasteiger partial charge in [-0.2, -0.15) is 0 Å². The van der Waals surface area contributed by atoms with Crippen molar-refractivity contribution >= 4 is 23.5 Å². The molecule has 0 aliphatic carbocycles. The van der Waals surface area contributed by atoms with Gasteiger partial charge in [0.1, 0.15) is 5.60 Å². The molecule has 1 aromatic heterocycles. The van der Waals surface area contributed by atoms with E-state index in [1.807, 2.05) is 48.3 Å². The van der Waals surface area contributed by atoms with Crippen molar-refractivity contribution in [1.82, 2.24) is 20.4 Å². The Hall–Kier alpha value is -3.29. The van der Waals surface area contributed by atoms with E-state index in [-0.39, 0.29) is 11.4 Å². The van der Waals surface area contributed by atoms with Crippen molar-refractivity contribution in [3.05, 3.63) is 70.5 Å². The lowest BCUT2D eigenvalue weighted by atomic mass is 10.0. The Balaban J connectivity index is 1.88. The van der Waals surface area contributed by atoms with Crippen molar-refractivity contribution in [2.45, 2.75) is 52.6 Å². The minimum atomic E-state index is -0.766. The number of benzene rings is 2. The van der Waals surface area contributed by atoms with Crippen LogP contribution in [0.25, 0.3) is 22.5 Å². The summed E-state index contributed by atoms with van der Waals surface area (Å²) < 4.78 is 5.62. The minimum Gasteiger partial charge on any atom is -0.455 e. The fraction of sp³-hybridized carbons (Fsp3) is 0.357. The SMILES string of the molecule is Cc1ccc(-c2nc(C(=O)OC(C)(C)C)c(C(=O)NN3CCCCC3)nc2-c2ccc(Cl)cc2)cc1. The number of hydrogen-bond donors (Lipinski definition) is 1. The zero-order valence-electron chi connectivity index (χ0n) is 21.1. The molecule has 0 atom stereocenters. The summed E-state index contributed by atoms with van der Waals surface area (Å²) in [4.78, 5) is 36.2. The molecule has 1 fully saturated rings. The van der Waals surface area contributed by atoms with Gasteiger partial charge in [0, 0.05) is 29.2 Å². The van der Waals surface area contributed by atoms with E-state index in [0.29, 0.717) is 16.4 Å². The summed E-state index contributed by atoms with van der Waals surface area (Å²) in [5, 5.41) is 2.44. The van der Waals surface area contributed by atoms with Gasteiger partial charge in [0.2, 0.25) is 0 Å². The van der Waals surface area contributed by atoms with Gasteiger partial charge in [-0.3, -0.25) is 10.2 Å². The van der Waals surface area contributed by atoms with E-state index < -0.39 is 17.5 Å². The standard InChI is InChI=1S/C28H31ClN4O3/c1-18-8-10-19(11-9-18)23-22(20-12-14-21(29)15-13-20)30-24(25(31-23)27(35)36-28(2,3)4)26(34)32-33-16-6-5-7-17-33/h8-15H,5-7,16-17H2,1-4H3,(H,32,34). The molecular weight excluding hydrogens is 476 g/mol. The van der Waals surface area contributed by atoms with Crippen LogP contribution in [-0.4, -0.2) is 45.5 Å². The van der Waals surface area contributed by atoms with Gasteiger partial charge >= 0.3 is 5.97 Å². The average Bonchev–Trinajstić information content (AvgIpc) is 2.84. The van der Waals surface area contributed by atoms with E-state index in [1.54, 1.807) is 32.9 Å². The Morgan fingerprint density at radius 1 is 0.861 bits per heavy atom. The van der Waals surface area contributed by atoms with Gasteiger partial charge in [-0.05, 0) is 52.7 Å². The second-order valence-electron chi connectivity index (χ2n) is 9.98. The average molecular weight is 507 g/mol. The number of carbonyl (C=O) groups excluding carboxylic acids is 2. The summed E-state index contributed by atoms with van der Waals surface area (Å²) in [7, 11) is 0. The zero-order chi connectivity index (χ0) is 25.9. The van der Waals surface area contributed by atoms with Crippen molar-refractivity contribution in [2.75, 3.05) is 13.1 Å². The molecule has 7 nitrogen and oxygen atoms in total. The lowest BCUT2D eigenvalue weighted by Gasteiger charge is -2.27. The molecule has 0 spiro atoms. The normalized spacial score (nSPS) is 14.4. The van der Waals surface area contributed by atoms with Crippen LogP contribution < -0.4 is 5.43 Å². The first-order chi connectivity index (χ1) is 17.1. The van der Waals surface area contributed by atoms with Crippen molar-refractivity contribution in [3.8, 4) is 22.5 Å². The molecule has 188 valence electrons. The van der Waals surface area contributed by atoms with E-state index >= 15 is 0 Å². The smallest absolute Gasteiger partial charge is 0.359 e. The minimum absolute atomic E-state index is 0.0735. The molecule has 0 unspecified atom stereocenters. The van der Waals surface area contributed by atoms with Crippen LogP contribution in [0.4, 0.5) is 0 Å². The Bertz CT molecular complexity index is 1250. The third-order valence-corrected chi connectivity index (χ3v) is 6.01. The molecular formula is C28H31ClN4O3. The first kappa shape index (κ1) is 25.8. The van der Waals surface area contributed by atoms with Crippen molar-refractivity contribution in [1.29, 1.82) is 0 Å². The van der Waals surface area contributed by atoms with E-state index in [2.05, 4.69) is 5.43 Å². The number of hydrogen-bond acceptors (Lipinski definition) is 6. The number of halogens is 1. The van der Waals surface area contributed by atoms with Gasteiger partial charge < -0.3 is 4.74 Å². The van der Waals surface area contributed by atoms with Gasteiger partial charge in [-0.25, -0.2) is 19.8 Å². The molecule has 3 aromatic rings. The number of esters is 1. The number of nitrogens with one attached hydrogen (secondary N) is 1. The van der Waals surface area contributed by atoms with Crippen LogP contribution in [0.1, 0.15) is 66.6 Å². The Morgan fingerprint density at radius 3 is 1.94 bits per heavy atom. The van der Waals surface area contributed by atoms with Crippen LogP contribution in [0.2, 0.25) is 5.02 Å². The molecule has 36 heavy (non-hydrogen) atoms. The van der Waals surface area contributed by atoms with E-state index in [1.165, 1.54) is 0 Å². The fourth-order valence-electron chi connectivity index (χ4n) is 3.99. The summed E-state index contributed by atoms with van der Waals surface area (Å²) >= 11 is 6.12. The summed E-state index contributed by atoms with van der Waals surface area (Å²) in [5.74, 6) is -1.19. The zero-order valence-corrected chi connectivity index (χ0v) is 21.9. The number of ether oxygens (including phenoxy) is 1. The van der Waals surface area contributed by atoms with Crippen molar-refractivity contribution in [2.24, 2.45) is 0 Å². The van der Waals surface area contributed by atoms with Crippen LogP contribution in [0, 0.1) is 6.92 Å². The highest BCUT2D eigenvalue weighted by atomic mass is 35.5. The molecule has 1 amide bonds. The first-order valence-corrected chi connectivity index (χ1v) is 12.5. The number of hydrazine groups is 1. The number of amides is 1. The van der Waals surface area contributed by atoms with E-state index in [4.69, 9.17) is 26.3 Å². The second-order valence-corrected chi connectivity index (χ2v) is 10.4. The molecule has 2 heterocycles. The van der Waals surface area contributed by atoms with E-state index in [0.717, 1.165) is 49.0 Å². The maximum absolute atomic E-state index is 13.4. The third kappa shape index (κ3) is 6.28. The molecule has 4 rings (SSSR count). The molecule has 0 saturated carbocycles. The van der Waals surface area contributed by atoms with Crippen LogP contribution in [0.3, 0.4) is 0 Å². The molecule has 1 saturated heterocycles. The van der Waals surface area contributed by atoms with Crippen molar-refractivity contribution in [3.63, 3.8) is 0 Å². The molecule has 1 aliphatic heterocycles. The summed E-state index contributed by atoms with van der Waals surface area (Å²) in [5.41, 5.74) is 5.50. The Labute approximate surface area is 216 Å². The number of carbonyl (C=O) groups is 2. The maximum atomic E-state index is 13.4. The van der Waals surface area contributed by atoms with Gasteiger partial charge in [0.05, 0.1) is 11.4 Å². The molecule has 8 heteroatoms. The largest absolute Gasteiger partial charge is 0.455 e. The second kappa shape index (κ2) is 10.8. The highest BCUT2D eigenvalue weighted by Gasteiger charge is 2.30. The highest BCUT2D eigenvalue weighted by molar-refractivity contribution is 6.30. The van der Waals surface area contributed by atoms with Gasteiger partial charge in [-0.15, -0.1) is 0 Å². The molecule has 1 N–H and O–H groups in total. The van der Waals surface area contributed by atoms with Crippen LogP contribution in [0.15, 0.2) is 48.5 Å². The highest BCUT2D eigenvalue weighted by Crippen LogP contribution is 2.32. The topological polar surface area (TPSA) is 84.4 Å². The van der Waals surface area contributed by atoms with Crippen LogP contribution >= 0.6 is 11.6 Å². The van der Waals surface area contributed by atoms with Crippen LogP contribution in [-0.2, 0) is 4.74 Å². The van der Waals surface area contributed by atoms with Crippen LogP contribution in [0.5, 0.6) is 0 Å². The molecule has 1 aliphatic rings. The Kier molecular flexibility index (Phi) is 7.71. The predicted molar refractivity (Wildman–Crippen MR) is 141 cm³/mol. The number of aromatic nitrogens is 2. The lowest BCUT2D eigenvalue weighted by Crippen LogP contribution is -2.46. The Morgan fingerprint density at radius 2 is 1.39 bits per heavy atom. The lowest BCUT2D eigenvalue weighted by molar-refractivity contribution is 0.00595. The monoisotopic (exact) mass is 506 g/mol. The molecule has 2 aromatic carbocycles. The van der Waals surface area contributed by atoms with Gasteiger partial charge in [0.15, 0.2) is 11.4 Å². The summed E-state index contributed by atoms with van der Waals surface area (Å²) in [6.07, 6.45) is 3.11. The molecule has 0 radical (unpaired) electrons. The fourth-order valence-corrected chi connectivity index (χ4v) is 4.11. The maximum Gasteiger partial charge on any atom is 0.359 e. The van der Waals surface area contributed by atoms with Gasteiger partial charge in [-0.1, -0.05) is 60.0 Å². The number of aryl methyl sites for hydroxylation is 1. The van der Waals surface area contributed by atoms with E-state index in [9.17, 15) is 9.59 Å². The quantitative estimate of drug-likeness (QED) is 0.436. The third-order valence-electron chi connectivity index (χ3n) is 5.76. The first-order valence-electron chi connectivity index (χ1n) is 12.1. The van der Waals surface area contributed by atoms with Gasteiger partial charge in [0.25, 0.3) is 5.91 Å². The molecule has 0 bridgehead atoms. The predicted octanol–water partition coefficient (Wildman–Crippen LogP) is 5.86.